The van der Waals surface area contributed by atoms with Crippen molar-refractivity contribution in [2.45, 2.75) is 19.9 Å². The van der Waals surface area contributed by atoms with Crippen molar-refractivity contribution in [3.63, 3.8) is 0 Å². The van der Waals surface area contributed by atoms with E-state index in [2.05, 4.69) is 34.7 Å². The summed E-state index contributed by atoms with van der Waals surface area (Å²) < 4.78 is 0. The van der Waals surface area contributed by atoms with Crippen LogP contribution in [0.4, 0.5) is 5.82 Å². The number of hydrogen-bond donors (Lipinski definition) is 1. The van der Waals surface area contributed by atoms with Crippen LogP contribution in [0.5, 0.6) is 0 Å². The fourth-order valence-electron chi connectivity index (χ4n) is 2.21. The summed E-state index contributed by atoms with van der Waals surface area (Å²) in [7, 11) is 0. The summed E-state index contributed by atoms with van der Waals surface area (Å²) in [5.41, 5.74) is 6.13. The number of aromatic nitrogens is 1. The molecule has 18 heavy (non-hydrogen) atoms. The molecule has 0 radical (unpaired) electrons. The standard InChI is InChI=1S/C14H24N4/c1-12(2)13(15)11-17-7-9-18(10-8-17)14-5-3-4-6-16-14/h3-6,12-13H,7-11,15H2,1-2H3. The summed E-state index contributed by atoms with van der Waals surface area (Å²) >= 11 is 0. The van der Waals surface area contributed by atoms with Crippen molar-refractivity contribution in [2.24, 2.45) is 11.7 Å². The molecular formula is C14H24N4. The van der Waals surface area contributed by atoms with Crippen molar-refractivity contribution in [1.29, 1.82) is 0 Å². The highest BCUT2D eigenvalue weighted by Gasteiger charge is 2.20. The molecule has 1 unspecified atom stereocenters. The van der Waals surface area contributed by atoms with E-state index in [4.69, 9.17) is 5.73 Å². The lowest BCUT2D eigenvalue weighted by molar-refractivity contribution is 0.225. The summed E-state index contributed by atoms with van der Waals surface area (Å²) in [6.07, 6.45) is 1.86. The van der Waals surface area contributed by atoms with Gasteiger partial charge in [0.2, 0.25) is 0 Å². The van der Waals surface area contributed by atoms with Crippen LogP contribution in [0.2, 0.25) is 0 Å². The predicted molar refractivity (Wildman–Crippen MR) is 75.7 cm³/mol. The third-order valence-electron chi connectivity index (χ3n) is 3.67. The van der Waals surface area contributed by atoms with E-state index in [1.165, 1.54) is 0 Å². The minimum atomic E-state index is 0.284. The summed E-state index contributed by atoms with van der Waals surface area (Å²) in [6.45, 7) is 9.63. The first-order chi connectivity index (χ1) is 8.66. The molecule has 1 aliphatic heterocycles. The smallest absolute Gasteiger partial charge is 0.128 e. The van der Waals surface area contributed by atoms with Gasteiger partial charge in [-0.05, 0) is 18.1 Å². The van der Waals surface area contributed by atoms with Gasteiger partial charge in [0.05, 0.1) is 0 Å². The maximum absolute atomic E-state index is 6.13. The Morgan fingerprint density at radius 2 is 1.94 bits per heavy atom. The van der Waals surface area contributed by atoms with Crippen LogP contribution in [0.25, 0.3) is 0 Å². The number of hydrogen-bond acceptors (Lipinski definition) is 4. The van der Waals surface area contributed by atoms with Gasteiger partial charge in [0.1, 0.15) is 5.82 Å². The van der Waals surface area contributed by atoms with E-state index < -0.39 is 0 Å². The predicted octanol–water partition coefficient (Wildman–Crippen LogP) is 1.19. The number of nitrogens with two attached hydrogens (primary N) is 1. The Balaban J connectivity index is 1.81. The van der Waals surface area contributed by atoms with Crippen molar-refractivity contribution in [3.05, 3.63) is 24.4 Å². The molecular weight excluding hydrogens is 224 g/mol. The maximum Gasteiger partial charge on any atom is 0.128 e. The average molecular weight is 248 g/mol. The normalized spacial score (nSPS) is 19.2. The molecule has 0 saturated carbocycles. The van der Waals surface area contributed by atoms with E-state index in [0.29, 0.717) is 5.92 Å². The number of piperazine rings is 1. The van der Waals surface area contributed by atoms with Gasteiger partial charge in [0, 0.05) is 45.0 Å². The maximum atomic E-state index is 6.13. The molecule has 2 heterocycles. The Morgan fingerprint density at radius 3 is 2.50 bits per heavy atom. The lowest BCUT2D eigenvalue weighted by atomic mass is 10.0. The SMILES string of the molecule is CC(C)C(N)CN1CCN(c2ccccn2)CC1. The number of anilines is 1. The molecule has 0 amide bonds. The van der Waals surface area contributed by atoms with Crippen molar-refractivity contribution in [2.75, 3.05) is 37.6 Å². The molecule has 0 bridgehead atoms. The number of nitrogens with zero attached hydrogens (tertiary/aromatic N) is 3. The van der Waals surface area contributed by atoms with Gasteiger partial charge in [0.25, 0.3) is 0 Å². The van der Waals surface area contributed by atoms with E-state index >= 15 is 0 Å². The second kappa shape index (κ2) is 6.16. The van der Waals surface area contributed by atoms with E-state index in [1.807, 2.05) is 18.3 Å². The fourth-order valence-corrected chi connectivity index (χ4v) is 2.21. The third-order valence-corrected chi connectivity index (χ3v) is 3.67. The van der Waals surface area contributed by atoms with Gasteiger partial charge in [-0.2, -0.15) is 0 Å². The van der Waals surface area contributed by atoms with Gasteiger partial charge >= 0.3 is 0 Å². The Labute approximate surface area is 110 Å². The van der Waals surface area contributed by atoms with Crippen molar-refractivity contribution in [1.82, 2.24) is 9.88 Å². The van der Waals surface area contributed by atoms with Crippen molar-refractivity contribution < 1.29 is 0 Å². The first kappa shape index (κ1) is 13.3. The zero-order valence-electron chi connectivity index (χ0n) is 11.4. The summed E-state index contributed by atoms with van der Waals surface area (Å²) in [4.78, 5) is 9.21. The lowest BCUT2D eigenvalue weighted by Gasteiger charge is -2.37. The summed E-state index contributed by atoms with van der Waals surface area (Å²) in [5, 5.41) is 0. The minimum absolute atomic E-state index is 0.284. The molecule has 1 atom stereocenters. The van der Waals surface area contributed by atoms with Crippen molar-refractivity contribution in [3.8, 4) is 0 Å². The quantitative estimate of drug-likeness (QED) is 0.869. The average Bonchev–Trinajstić information content (AvgIpc) is 2.40. The molecule has 4 heteroatoms. The zero-order valence-corrected chi connectivity index (χ0v) is 11.4. The van der Waals surface area contributed by atoms with Crippen molar-refractivity contribution >= 4 is 5.82 Å². The van der Waals surface area contributed by atoms with Crippen LogP contribution >= 0.6 is 0 Å². The molecule has 0 aromatic carbocycles. The monoisotopic (exact) mass is 248 g/mol. The first-order valence-electron chi connectivity index (χ1n) is 6.80. The highest BCUT2D eigenvalue weighted by Crippen LogP contribution is 2.13. The fraction of sp³-hybridized carbons (Fsp3) is 0.643. The molecule has 100 valence electrons. The highest BCUT2D eigenvalue weighted by molar-refractivity contribution is 5.38. The van der Waals surface area contributed by atoms with Gasteiger partial charge in [-0.25, -0.2) is 4.98 Å². The molecule has 2 rings (SSSR count). The van der Waals surface area contributed by atoms with E-state index in [0.717, 1.165) is 38.5 Å². The Kier molecular flexibility index (Phi) is 4.55. The topological polar surface area (TPSA) is 45.4 Å². The third kappa shape index (κ3) is 3.43. The van der Waals surface area contributed by atoms with Crippen LogP contribution in [-0.4, -0.2) is 48.6 Å². The van der Waals surface area contributed by atoms with E-state index in [1.54, 1.807) is 0 Å². The van der Waals surface area contributed by atoms with Crippen LogP contribution in [0, 0.1) is 5.92 Å². The molecule has 1 fully saturated rings. The molecule has 2 N–H and O–H groups in total. The van der Waals surface area contributed by atoms with Gasteiger partial charge < -0.3 is 10.6 Å². The molecule has 0 spiro atoms. The second-order valence-corrected chi connectivity index (χ2v) is 5.38. The van der Waals surface area contributed by atoms with E-state index in [-0.39, 0.29) is 6.04 Å². The van der Waals surface area contributed by atoms with Crippen LogP contribution in [0.3, 0.4) is 0 Å². The van der Waals surface area contributed by atoms with Gasteiger partial charge in [-0.1, -0.05) is 19.9 Å². The number of rotatable bonds is 4. The molecule has 1 aromatic heterocycles. The highest BCUT2D eigenvalue weighted by atomic mass is 15.3. The molecule has 1 aromatic rings. The summed E-state index contributed by atoms with van der Waals surface area (Å²) in [5.74, 6) is 1.64. The molecule has 4 nitrogen and oxygen atoms in total. The van der Waals surface area contributed by atoms with Crippen LogP contribution in [0.1, 0.15) is 13.8 Å². The van der Waals surface area contributed by atoms with Crippen LogP contribution < -0.4 is 10.6 Å². The Bertz CT molecular complexity index is 344. The largest absolute Gasteiger partial charge is 0.354 e. The van der Waals surface area contributed by atoms with Gasteiger partial charge in [-0.3, -0.25) is 4.90 Å². The zero-order chi connectivity index (χ0) is 13.0. The van der Waals surface area contributed by atoms with Gasteiger partial charge in [0.15, 0.2) is 0 Å². The first-order valence-corrected chi connectivity index (χ1v) is 6.80. The summed E-state index contributed by atoms with van der Waals surface area (Å²) in [6, 6.07) is 6.37. The second-order valence-electron chi connectivity index (χ2n) is 5.38. The lowest BCUT2D eigenvalue weighted by Crippen LogP contribution is -2.51. The minimum Gasteiger partial charge on any atom is -0.354 e. The number of pyridine rings is 1. The molecule has 1 saturated heterocycles. The van der Waals surface area contributed by atoms with E-state index in [9.17, 15) is 0 Å². The van der Waals surface area contributed by atoms with Crippen LogP contribution in [-0.2, 0) is 0 Å². The van der Waals surface area contributed by atoms with Gasteiger partial charge in [-0.15, -0.1) is 0 Å². The Morgan fingerprint density at radius 1 is 1.22 bits per heavy atom. The molecule has 1 aliphatic rings. The van der Waals surface area contributed by atoms with Crippen LogP contribution in [0.15, 0.2) is 24.4 Å². The molecule has 0 aliphatic carbocycles. The Hall–Kier alpha value is -1.13.